The van der Waals surface area contributed by atoms with E-state index in [0.717, 1.165) is 37.6 Å². The number of hydrogen-bond donors (Lipinski definition) is 1. The fourth-order valence-corrected chi connectivity index (χ4v) is 3.14. The monoisotopic (exact) mass is 327 g/mol. The van der Waals surface area contributed by atoms with Crippen LogP contribution in [0.1, 0.15) is 25.3 Å². The van der Waals surface area contributed by atoms with Gasteiger partial charge in [0.2, 0.25) is 5.95 Å². The average molecular weight is 327 g/mol. The molecule has 6 nitrogen and oxygen atoms in total. The summed E-state index contributed by atoms with van der Waals surface area (Å²) in [5, 5.41) is 11.5. The maximum absolute atomic E-state index is 5.38. The third-order valence-corrected chi connectivity index (χ3v) is 4.40. The maximum atomic E-state index is 5.38. The number of piperidine rings is 1. The SMILES string of the molecule is COc1ccccc1CCNc1nncc(N2CCCC(C)C2)n1. The lowest BCUT2D eigenvalue weighted by Gasteiger charge is -2.31. The zero-order chi connectivity index (χ0) is 16.8. The van der Waals surface area contributed by atoms with Crippen molar-refractivity contribution in [2.45, 2.75) is 26.2 Å². The van der Waals surface area contributed by atoms with Crippen LogP contribution in [0.2, 0.25) is 0 Å². The molecule has 0 amide bonds. The molecular formula is C18H25N5O. The van der Waals surface area contributed by atoms with Crippen molar-refractivity contribution in [3.63, 3.8) is 0 Å². The molecule has 0 saturated carbocycles. The smallest absolute Gasteiger partial charge is 0.244 e. The number of nitrogens with one attached hydrogen (secondary N) is 1. The van der Waals surface area contributed by atoms with Gasteiger partial charge in [0.15, 0.2) is 5.82 Å². The van der Waals surface area contributed by atoms with E-state index in [1.54, 1.807) is 13.3 Å². The number of nitrogens with zero attached hydrogens (tertiary/aromatic N) is 4. The molecule has 0 aliphatic carbocycles. The second-order valence-corrected chi connectivity index (χ2v) is 6.32. The summed E-state index contributed by atoms with van der Waals surface area (Å²) in [6.07, 6.45) is 5.10. The number of benzene rings is 1. The van der Waals surface area contributed by atoms with Crippen LogP contribution >= 0.6 is 0 Å². The predicted octanol–water partition coefficient (Wildman–Crippen LogP) is 2.77. The van der Waals surface area contributed by atoms with E-state index in [0.29, 0.717) is 11.9 Å². The maximum Gasteiger partial charge on any atom is 0.244 e. The fraction of sp³-hybridized carbons (Fsp3) is 0.500. The van der Waals surface area contributed by atoms with Crippen LogP contribution in [-0.2, 0) is 6.42 Å². The number of methoxy groups -OCH3 is 1. The molecule has 1 atom stereocenters. The Morgan fingerprint density at radius 2 is 2.21 bits per heavy atom. The van der Waals surface area contributed by atoms with Crippen molar-refractivity contribution in [3.8, 4) is 5.75 Å². The van der Waals surface area contributed by atoms with Gasteiger partial charge in [0.25, 0.3) is 0 Å². The normalized spacial score (nSPS) is 17.6. The highest BCUT2D eigenvalue weighted by Gasteiger charge is 2.18. The summed E-state index contributed by atoms with van der Waals surface area (Å²) < 4.78 is 5.38. The summed E-state index contributed by atoms with van der Waals surface area (Å²) in [5.74, 6) is 3.11. The van der Waals surface area contributed by atoms with E-state index in [9.17, 15) is 0 Å². The van der Waals surface area contributed by atoms with Gasteiger partial charge in [-0.1, -0.05) is 25.1 Å². The second kappa shape index (κ2) is 7.95. The topological polar surface area (TPSA) is 63.2 Å². The highest BCUT2D eigenvalue weighted by molar-refractivity contribution is 5.41. The lowest BCUT2D eigenvalue weighted by atomic mass is 10.0. The molecular weight excluding hydrogens is 302 g/mol. The third-order valence-electron chi connectivity index (χ3n) is 4.40. The molecule has 1 fully saturated rings. The summed E-state index contributed by atoms with van der Waals surface area (Å²) in [4.78, 5) is 6.91. The van der Waals surface area contributed by atoms with Gasteiger partial charge in [-0.2, -0.15) is 10.1 Å². The molecule has 0 radical (unpaired) electrons. The Kier molecular flexibility index (Phi) is 5.46. The summed E-state index contributed by atoms with van der Waals surface area (Å²) in [6.45, 7) is 5.11. The van der Waals surface area contributed by atoms with Crippen molar-refractivity contribution in [1.82, 2.24) is 15.2 Å². The first-order valence-corrected chi connectivity index (χ1v) is 8.56. The highest BCUT2D eigenvalue weighted by Crippen LogP contribution is 2.21. The summed E-state index contributed by atoms with van der Waals surface area (Å²) >= 11 is 0. The molecule has 0 spiro atoms. The number of para-hydroxylation sites is 1. The Hall–Kier alpha value is -2.37. The minimum atomic E-state index is 0.584. The molecule has 1 saturated heterocycles. The van der Waals surface area contributed by atoms with Gasteiger partial charge in [0.05, 0.1) is 13.3 Å². The van der Waals surface area contributed by atoms with Gasteiger partial charge in [0, 0.05) is 19.6 Å². The number of anilines is 2. The van der Waals surface area contributed by atoms with Crippen molar-refractivity contribution in [3.05, 3.63) is 36.0 Å². The molecule has 24 heavy (non-hydrogen) atoms. The van der Waals surface area contributed by atoms with E-state index in [2.05, 4.69) is 38.4 Å². The van der Waals surface area contributed by atoms with Gasteiger partial charge in [-0.25, -0.2) is 0 Å². The molecule has 3 rings (SSSR count). The van der Waals surface area contributed by atoms with Crippen molar-refractivity contribution in [2.24, 2.45) is 5.92 Å². The first kappa shape index (κ1) is 16.5. The first-order valence-electron chi connectivity index (χ1n) is 8.56. The summed E-state index contributed by atoms with van der Waals surface area (Å²) in [6, 6.07) is 8.05. The van der Waals surface area contributed by atoms with Crippen LogP contribution in [0, 0.1) is 5.92 Å². The van der Waals surface area contributed by atoms with Crippen LogP contribution in [0.3, 0.4) is 0 Å². The second-order valence-electron chi connectivity index (χ2n) is 6.32. The number of aromatic nitrogens is 3. The van der Waals surface area contributed by atoms with Crippen LogP contribution in [0.25, 0.3) is 0 Å². The summed E-state index contributed by atoms with van der Waals surface area (Å²) in [5.41, 5.74) is 1.17. The molecule has 1 unspecified atom stereocenters. The Labute approximate surface area is 143 Å². The Bertz CT molecular complexity index is 663. The predicted molar refractivity (Wildman–Crippen MR) is 95.6 cm³/mol. The van der Waals surface area contributed by atoms with Crippen LogP contribution < -0.4 is 15.0 Å². The van der Waals surface area contributed by atoms with Crippen LogP contribution in [-0.4, -0.2) is 41.9 Å². The molecule has 1 N–H and O–H groups in total. The first-order chi connectivity index (χ1) is 11.8. The van der Waals surface area contributed by atoms with E-state index in [-0.39, 0.29) is 0 Å². The zero-order valence-corrected chi connectivity index (χ0v) is 14.4. The molecule has 6 heteroatoms. The lowest BCUT2D eigenvalue weighted by Crippen LogP contribution is -2.35. The van der Waals surface area contributed by atoms with E-state index in [4.69, 9.17) is 4.74 Å². The van der Waals surface area contributed by atoms with Crippen molar-refractivity contribution in [2.75, 3.05) is 37.0 Å². The number of rotatable bonds is 6. The largest absolute Gasteiger partial charge is 0.496 e. The Morgan fingerprint density at radius 3 is 3.04 bits per heavy atom. The van der Waals surface area contributed by atoms with Gasteiger partial charge >= 0.3 is 0 Å². The van der Waals surface area contributed by atoms with Crippen molar-refractivity contribution < 1.29 is 4.74 Å². The molecule has 2 aromatic rings. The number of hydrogen-bond acceptors (Lipinski definition) is 6. The molecule has 0 bridgehead atoms. The fourth-order valence-electron chi connectivity index (χ4n) is 3.14. The Morgan fingerprint density at radius 1 is 1.33 bits per heavy atom. The van der Waals surface area contributed by atoms with Crippen LogP contribution in [0.4, 0.5) is 11.8 Å². The minimum Gasteiger partial charge on any atom is -0.496 e. The van der Waals surface area contributed by atoms with Crippen molar-refractivity contribution in [1.29, 1.82) is 0 Å². The van der Waals surface area contributed by atoms with Crippen molar-refractivity contribution >= 4 is 11.8 Å². The quantitative estimate of drug-likeness (QED) is 0.880. The van der Waals surface area contributed by atoms with E-state index in [1.165, 1.54) is 18.4 Å². The molecule has 1 aromatic heterocycles. The van der Waals surface area contributed by atoms with E-state index >= 15 is 0 Å². The molecule has 128 valence electrons. The number of ether oxygens (including phenoxy) is 1. The van der Waals surface area contributed by atoms with Gasteiger partial charge < -0.3 is 15.0 Å². The van der Waals surface area contributed by atoms with Gasteiger partial charge in [-0.15, -0.1) is 5.10 Å². The van der Waals surface area contributed by atoms with E-state index < -0.39 is 0 Å². The summed E-state index contributed by atoms with van der Waals surface area (Å²) in [7, 11) is 1.70. The lowest BCUT2D eigenvalue weighted by molar-refractivity contribution is 0.410. The highest BCUT2D eigenvalue weighted by atomic mass is 16.5. The molecule has 1 aromatic carbocycles. The minimum absolute atomic E-state index is 0.584. The zero-order valence-electron chi connectivity index (χ0n) is 14.4. The average Bonchev–Trinajstić information content (AvgIpc) is 2.62. The molecule has 2 heterocycles. The van der Waals surface area contributed by atoms with Crippen LogP contribution in [0.5, 0.6) is 5.75 Å². The molecule has 1 aliphatic rings. The molecule has 1 aliphatic heterocycles. The van der Waals surface area contributed by atoms with Gasteiger partial charge in [-0.05, 0) is 36.8 Å². The van der Waals surface area contributed by atoms with Gasteiger partial charge in [-0.3, -0.25) is 0 Å². The van der Waals surface area contributed by atoms with Gasteiger partial charge in [0.1, 0.15) is 5.75 Å². The Balaban J connectivity index is 1.58. The third kappa shape index (κ3) is 4.13. The standard InChI is InChI=1S/C18H25N5O/c1-14-6-5-11-23(13-14)17-12-20-22-18(21-17)19-10-9-15-7-3-4-8-16(15)24-2/h3-4,7-8,12,14H,5-6,9-11,13H2,1-2H3,(H,19,21,22). The van der Waals surface area contributed by atoms with E-state index in [1.807, 2.05) is 18.2 Å². The van der Waals surface area contributed by atoms with Crippen LogP contribution in [0.15, 0.2) is 30.5 Å².